The van der Waals surface area contributed by atoms with Crippen LogP contribution in [0.1, 0.15) is 11.5 Å². The van der Waals surface area contributed by atoms with Crippen LogP contribution in [0, 0.1) is 6.92 Å². The highest BCUT2D eigenvalue weighted by Crippen LogP contribution is 2.24. The Balaban J connectivity index is 1.70. The van der Waals surface area contributed by atoms with Crippen molar-refractivity contribution < 1.29 is 4.79 Å². The number of amides is 2. The van der Waals surface area contributed by atoms with E-state index in [0.717, 1.165) is 16.0 Å². The van der Waals surface area contributed by atoms with E-state index in [9.17, 15) is 4.79 Å². The van der Waals surface area contributed by atoms with Gasteiger partial charge in [-0.1, -0.05) is 11.3 Å². The molecule has 8 nitrogen and oxygen atoms in total. The predicted octanol–water partition coefficient (Wildman–Crippen LogP) is 1.78. The van der Waals surface area contributed by atoms with E-state index in [-0.39, 0.29) is 6.03 Å². The summed E-state index contributed by atoms with van der Waals surface area (Å²) in [5.41, 5.74) is 1.70. The molecule has 0 spiro atoms. The van der Waals surface area contributed by atoms with Crippen molar-refractivity contribution >= 4 is 32.8 Å². The molecule has 0 aliphatic heterocycles. The van der Waals surface area contributed by atoms with Crippen LogP contribution >= 0.6 is 11.3 Å². The average molecular weight is 303 g/mol. The first kappa shape index (κ1) is 13.4. The van der Waals surface area contributed by atoms with Gasteiger partial charge in [-0.2, -0.15) is 5.10 Å². The molecular formula is C12H13N7OS. The number of nitrogens with one attached hydrogen (secondary N) is 2. The lowest BCUT2D eigenvalue weighted by Gasteiger charge is -2.14. The van der Waals surface area contributed by atoms with Gasteiger partial charge in [-0.15, -0.1) is 0 Å². The predicted molar refractivity (Wildman–Crippen MR) is 79.0 cm³/mol. The summed E-state index contributed by atoms with van der Waals surface area (Å²) in [6, 6.07) is 3.52. The normalized spacial score (nSPS) is 10.8. The minimum Gasteiger partial charge on any atom is -0.320 e. The first-order valence-corrected chi connectivity index (χ1v) is 7.04. The molecule has 0 saturated carbocycles. The molecule has 0 saturated heterocycles. The summed E-state index contributed by atoms with van der Waals surface area (Å²) in [7, 11) is 1.67. The summed E-state index contributed by atoms with van der Waals surface area (Å²) < 4.78 is 0. The number of anilines is 1. The summed E-state index contributed by atoms with van der Waals surface area (Å²) in [6.45, 7) is 2.26. The van der Waals surface area contributed by atoms with Gasteiger partial charge in [-0.3, -0.25) is 10.4 Å². The van der Waals surface area contributed by atoms with E-state index in [2.05, 4.69) is 30.5 Å². The summed E-state index contributed by atoms with van der Waals surface area (Å²) in [6.07, 6.45) is 1.41. The largest absolute Gasteiger partial charge is 0.323 e. The number of aromatic nitrogens is 5. The molecule has 108 valence electrons. The Labute approximate surface area is 124 Å². The van der Waals surface area contributed by atoms with Crippen LogP contribution in [0.15, 0.2) is 18.5 Å². The van der Waals surface area contributed by atoms with E-state index >= 15 is 0 Å². The molecule has 3 heterocycles. The van der Waals surface area contributed by atoms with Gasteiger partial charge in [0.15, 0.2) is 5.13 Å². The Bertz CT molecular complexity index is 767. The van der Waals surface area contributed by atoms with Gasteiger partial charge < -0.3 is 4.90 Å². The fourth-order valence-corrected chi connectivity index (χ4v) is 2.63. The smallest absolute Gasteiger partial charge is 0.320 e. The van der Waals surface area contributed by atoms with Crippen molar-refractivity contribution in [2.45, 2.75) is 13.5 Å². The molecule has 2 amide bonds. The fourth-order valence-electron chi connectivity index (χ4n) is 1.75. The van der Waals surface area contributed by atoms with Crippen LogP contribution in [-0.2, 0) is 6.54 Å². The lowest BCUT2D eigenvalue weighted by atomic mass is 10.4. The molecule has 9 heteroatoms. The van der Waals surface area contributed by atoms with Gasteiger partial charge in [0.25, 0.3) is 0 Å². The monoisotopic (exact) mass is 303 g/mol. The third-order valence-corrected chi connectivity index (χ3v) is 3.69. The third-order valence-electron chi connectivity index (χ3n) is 2.81. The highest BCUT2D eigenvalue weighted by atomic mass is 32.1. The van der Waals surface area contributed by atoms with Gasteiger partial charge in [0.05, 0.1) is 6.54 Å². The second-order valence-electron chi connectivity index (χ2n) is 4.51. The number of urea groups is 1. The second-order valence-corrected chi connectivity index (χ2v) is 5.49. The minimum atomic E-state index is -0.262. The molecule has 0 radical (unpaired) electrons. The molecule has 0 atom stereocenters. The number of nitrogens with zero attached hydrogens (tertiary/aromatic N) is 5. The van der Waals surface area contributed by atoms with Crippen LogP contribution in [0.25, 0.3) is 10.3 Å². The van der Waals surface area contributed by atoms with Crippen molar-refractivity contribution in [2.75, 3.05) is 12.4 Å². The Kier molecular flexibility index (Phi) is 3.48. The fraction of sp³-hybridized carbons (Fsp3) is 0.250. The lowest BCUT2D eigenvalue weighted by molar-refractivity contribution is 0.219. The number of fused-ring (bicyclic) bond motifs is 1. The zero-order valence-corrected chi connectivity index (χ0v) is 12.3. The summed E-state index contributed by atoms with van der Waals surface area (Å²) in [4.78, 5) is 27.1. The van der Waals surface area contributed by atoms with Gasteiger partial charge >= 0.3 is 6.03 Å². The van der Waals surface area contributed by atoms with Crippen molar-refractivity contribution in [3.05, 3.63) is 30.0 Å². The summed E-state index contributed by atoms with van der Waals surface area (Å²) in [5, 5.41) is 9.73. The SMILES string of the molecule is Cc1ccc2nc(NC(=O)N(C)Cc3ncn[nH]3)sc2n1. The van der Waals surface area contributed by atoms with Gasteiger partial charge in [0.1, 0.15) is 22.5 Å². The van der Waals surface area contributed by atoms with E-state index in [4.69, 9.17) is 0 Å². The van der Waals surface area contributed by atoms with Crippen molar-refractivity contribution in [2.24, 2.45) is 0 Å². The molecule has 2 N–H and O–H groups in total. The van der Waals surface area contributed by atoms with E-state index < -0.39 is 0 Å². The van der Waals surface area contributed by atoms with Crippen molar-refractivity contribution in [1.82, 2.24) is 30.0 Å². The Morgan fingerprint density at radius 1 is 1.43 bits per heavy atom. The van der Waals surface area contributed by atoms with Gasteiger partial charge in [0.2, 0.25) is 0 Å². The molecule has 3 rings (SSSR count). The first-order chi connectivity index (χ1) is 10.1. The number of pyridine rings is 1. The Morgan fingerprint density at radius 3 is 3.05 bits per heavy atom. The third kappa shape index (κ3) is 2.97. The quantitative estimate of drug-likeness (QED) is 0.768. The number of thiazole rings is 1. The zero-order valence-electron chi connectivity index (χ0n) is 11.5. The number of carbonyl (C=O) groups excluding carboxylic acids is 1. The number of carbonyl (C=O) groups is 1. The number of aryl methyl sites for hydroxylation is 1. The molecule has 0 unspecified atom stereocenters. The topological polar surface area (TPSA) is 99.7 Å². The molecule has 0 aromatic carbocycles. The number of H-pyrrole nitrogens is 1. The number of hydrogen-bond donors (Lipinski definition) is 2. The van der Waals surface area contributed by atoms with Crippen molar-refractivity contribution in [3.63, 3.8) is 0 Å². The summed E-state index contributed by atoms with van der Waals surface area (Å²) in [5.74, 6) is 0.620. The average Bonchev–Trinajstić information content (AvgIpc) is 3.07. The molecule has 21 heavy (non-hydrogen) atoms. The van der Waals surface area contributed by atoms with Crippen LogP contribution in [0.3, 0.4) is 0 Å². The first-order valence-electron chi connectivity index (χ1n) is 6.22. The van der Waals surface area contributed by atoms with Crippen LogP contribution in [0.5, 0.6) is 0 Å². The van der Waals surface area contributed by atoms with Crippen molar-refractivity contribution in [3.8, 4) is 0 Å². The highest BCUT2D eigenvalue weighted by Gasteiger charge is 2.13. The van der Waals surface area contributed by atoms with Crippen LogP contribution < -0.4 is 5.32 Å². The van der Waals surface area contributed by atoms with Crippen LogP contribution in [0.2, 0.25) is 0 Å². The van der Waals surface area contributed by atoms with Gasteiger partial charge in [0, 0.05) is 12.7 Å². The molecule has 0 fully saturated rings. The number of hydrogen-bond acceptors (Lipinski definition) is 6. The standard InChI is InChI=1S/C12H13N7OS/c1-7-3-4-8-10(15-7)21-11(16-8)17-12(20)19(2)5-9-13-6-14-18-9/h3-4,6H,5H2,1-2H3,(H,13,14,18)(H,16,17,20). The van der Waals surface area contributed by atoms with Gasteiger partial charge in [-0.05, 0) is 19.1 Å². The van der Waals surface area contributed by atoms with E-state index in [0.29, 0.717) is 17.5 Å². The molecule has 3 aromatic rings. The van der Waals surface area contributed by atoms with Gasteiger partial charge in [-0.25, -0.2) is 19.7 Å². The Hall–Kier alpha value is -2.55. The number of rotatable bonds is 3. The molecule has 0 bridgehead atoms. The minimum absolute atomic E-state index is 0.262. The molecule has 3 aromatic heterocycles. The summed E-state index contributed by atoms with van der Waals surface area (Å²) >= 11 is 1.35. The van der Waals surface area contributed by atoms with E-state index in [1.165, 1.54) is 22.6 Å². The Morgan fingerprint density at radius 2 is 2.29 bits per heavy atom. The molecule has 0 aliphatic carbocycles. The van der Waals surface area contributed by atoms with E-state index in [1.54, 1.807) is 7.05 Å². The highest BCUT2D eigenvalue weighted by molar-refractivity contribution is 7.21. The number of aromatic amines is 1. The molecule has 0 aliphatic rings. The van der Waals surface area contributed by atoms with E-state index in [1.807, 2.05) is 19.1 Å². The maximum Gasteiger partial charge on any atom is 0.323 e. The lowest BCUT2D eigenvalue weighted by Crippen LogP contribution is -2.31. The maximum absolute atomic E-state index is 12.1. The maximum atomic E-state index is 12.1. The molecular weight excluding hydrogens is 290 g/mol. The zero-order chi connectivity index (χ0) is 14.8. The van der Waals surface area contributed by atoms with Crippen LogP contribution in [0.4, 0.5) is 9.93 Å². The second kappa shape index (κ2) is 5.44. The van der Waals surface area contributed by atoms with Crippen molar-refractivity contribution in [1.29, 1.82) is 0 Å². The van der Waals surface area contributed by atoms with Crippen LogP contribution in [-0.4, -0.2) is 43.1 Å².